The highest BCUT2D eigenvalue weighted by atomic mass is 35.5. The molecule has 3 aromatic rings. The number of nitrogens with zero attached hydrogens (tertiary/aromatic N) is 3. The molecule has 8 heteroatoms. The van der Waals surface area contributed by atoms with Gasteiger partial charge in [-0.2, -0.15) is 0 Å². The minimum absolute atomic E-state index is 0.366. The van der Waals surface area contributed by atoms with E-state index in [-0.39, 0.29) is 0 Å². The summed E-state index contributed by atoms with van der Waals surface area (Å²) in [4.78, 5) is 31.1. The van der Waals surface area contributed by atoms with Gasteiger partial charge >= 0.3 is 5.69 Å². The lowest BCUT2D eigenvalue weighted by atomic mass is 10.2. The van der Waals surface area contributed by atoms with Crippen LogP contribution in [0.3, 0.4) is 0 Å². The standard InChI is InChI=1S/C18H19ClN4O2S/c1-11-4-6-13(7-5-11)10-26-18-20-15-14(23(18)9-8-12(2)19)16(24)21-17(25)22(15)3/h4-8H,9-10H2,1-3H3,(H,21,24,25). The van der Waals surface area contributed by atoms with Gasteiger partial charge in [-0.3, -0.25) is 14.3 Å². The van der Waals surface area contributed by atoms with E-state index in [1.807, 2.05) is 13.0 Å². The normalized spacial score (nSPS) is 12.1. The summed E-state index contributed by atoms with van der Waals surface area (Å²) in [6.07, 6.45) is 1.81. The van der Waals surface area contributed by atoms with Gasteiger partial charge in [0.05, 0.1) is 0 Å². The molecule has 0 saturated heterocycles. The van der Waals surface area contributed by atoms with E-state index in [2.05, 4.69) is 34.2 Å². The van der Waals surface area contributed by atoms with Crippen LogP contribution in [0.25, 0.3) is 11.2 Å². The van der Waals surface area contributed by atoms with E-state index in [4.69, 9.17) is 11.6 Å². The molecule has 0 spiro atoms. The molecule has 6 nitrogen and oxygen atoms in total. The molecule has 0 atom stereocenters. The van der Waals surface area contributed by atoms with E-state index in [1.165, 1.54) is 21.9 Å². The number of halogens is 1. The van der Waals surface area contributed by atoms with Gasteiger partial charge in [-0.1, -0.05) is 59.3 Å². The molecule has 0 unspecified atom stereocenters. The number of rotatable bonds is 5. The minimum atomic E-state index is -0.480. The second-order valence-electron chi connectivity index (χ2n) is 6.06. The van der Waals surface area contributed by atoms with Gasteiger partial charge in [0.15, 0.2) is 16.3 Å². The highest BCUT2D eigenvalue weighted by Gasteiger charge is 2.17. The maximum Gasteiger partial charge on any atom is 0.329 e. The molecule has 0 amide bonds. The topological polar surface area (TPSA) is 72.7 Å². The Morgan fingerprint density at radius 3 is 2.65 bits per heavy atom. The van der Waals surface area contributed by atoms with Gasteiger partial charge < -0.3 is 4.57 Å². The van der Waals surface area contributed by atoms with Crippen LogP contribution in [0.1, 0.15) is 18.1 Å². The molecule has 0 fully saturated rings. The Morgan fingerprint density at radius 2 is 2.00 bits per heavy atom. The molecular weight excluding hydrogens is 372 g/mol. The Kier molecular flexibility index (Phi) is 5.38. The summed E-state index contributed by atoms with van der Waals surface area (Å²) in [6, 6.07) is 8.27. The predicted molar refractivity (Wildman–Crippen MR) is 106 cm³/mol. The van der Waals surface area contributed by atoms with E-state index < -0.39 is 11.2 Å². The summed E-state index contributed by atoms with van der Waals surface area (Å²) in [5, 5.41) is 1.30. The maximum absolute atomic E-state index is 12.3. The molecule has 2 aromatic heterocycles. The number of imidazole rings is 1. The third-order valence-electron chi connectivity index (χ3n) is 4.02. The van der Waals surface area contributed by atoms with Crippen molar-refractivity contribution in [2.45, 2.75) is 31.3 Å². The largest absolute Gasteiger partial charge is 0.329 e. The third kappa shape index (κ3) is 3.78. The monoisotopic (exact) mass is 390 g/mol. The van der Waals surface area contributed by atoms with Crippen molar-refractivity contribution in [2.75, 3.05) is 0 Å². The molecule has 0 aliphatic rings. The molecule has 0 saturated carbocycles. The molecule has 0 aliphatic carbocycles. The average molecular weight is 391 g/mol. The average Bonchev–Trinajstić information content (AvgIpc) is 2.96. The van der Waals surface area contributed by atoms with Crippen molar-refractivity contribution in [3.63, 3.8) is 0 Å². The number of hydrogen-bond acceptors (Lipinski definition) is 4. The number of fused-ring (bicyclic) bond motifs is 1. The first kappa shape index (κ1) is 18.5. The van der Waals surface area contributed by atoms with Gasteiger partial charge in [-0.05, 0) is 19.4 Å². The van der Waals surface area contributed by atoms with Crippen molar-refractivity contribution in [2.24, 2.45) is 7.05 Å². The fourth-order valence-electron chi connectivity index (χ4n) is 2.54. The van der Waals surface area contributed by atoms with Crippen molar-refractivity contribution >= 4 is 34.5 Å². The molecule has 2 heterocycles. The molecule has 0 bridgehead atoms. The Bertz CT molecular complexity index is 1090. The summed E-state index contributed by atoms with van der Waals surface area (Å²) < 4.78 is 3.14. The summed E-state index contributed by atoms with van der Waals surface area (Å²) in [7, 11) is 1.59. The molecule has 1 aromatic carbocycles. The zero-order valence-electron chi connectivity index (χ0n) is 14.7. The smallest absolute Gasteiger partial charge is 0.309 e. The lowest BCUT2D eigenvalue weighted by molar-refractivity contribution is 0.742. The Hall–Kier alpha value is -2.25. The van der Waals surface area contributed by atoms with Crippen LogP contribution in [-0.2, 0) is 19.3 Å². The molecule has 0 radical (unpaired) electrons. The van der Waals surface area contributed by atoms with Crippen LogP contribution >= 0.6 is 23.4 Å². The number of H-pyrrole nitrogens is 1. The van der Waals surface area contributed by atoms with Crippen molar-refractivity contribution in [3.8, 4) is 0 Å². The SMILES string of the molecule is CC(Cl)=CCn1c(SCc2ccc(C)cc2)nc2c1c(=O)[nH]c(=O)n2C. The van der Waals surface area contributed by atoms with Crippen molar-refractivity contribution in [1.29, 1.82) is 0 Å². The van der Waals surface area contributed by atoms with Gasteiger partial charge in [-0.15, -0.1) is 0 Å². The van der Waals surface area contributed by atoms with Crippen molar-refractivity contribution in [1.82, 2.24) is 19.1 Å². The van der Waals surface area contributed by atoms with Crippen LogP contribution < -0.4 is 11.2 Å². The van der Waals surface area contributed by atoms with Crippen LogP contribution in [0.2, 0.25) is 0 Å². The molecule has 1 N–H and O–H groups in total. The third-order valence-corrected chi connectivity index (χ3v) is 5.22. The molecule has 0 aliphatic heterocycles. The lowest BCUT2D eigenvalue weighted by Crippen LogP contribution is -2.29. The lowest BCUT2D eigenvalue weighted by Gasteiger charge is -2.06. The van der Waals surface area contributed by atoms with Crippen LogP contribution in [-0.4, -0.2) is 19.1 Å². The first-order valence-electron chi connectivity index (χ1n) is 8.07. The summed E-state index contributed by atoms with van der Waals surface area (Å²) in [6.45, 7) is 4.23. The highest BCUT2D eigenvalue weighted by Crippen LogP contribution is 2.25. The second kappa shape index (κ2) is 7.55. The summed E-state index contributed by atoms with van der Waals surface area (Å²) >= 11 is 7.48. The van der Waals surface area contributed by atoms with Crippen LogP contribution in [0.15, 0.2) is 50.1 Å². The van der Waals surface area contributed by atoms with E-state index in [1.54, 1.807) is 18.5 Å². The van der Waals surface area contributed by atoms with E-state index >= 15 is 0 Å². The fraction of sp³-hybridized carbons (Fsp3) is 0.278. The van der Waals surface area contributed by atoms with Crippen LogP contribution in [0.5, 0.6) is 0 Å². The first-order chi connectivity index (χ1) is 12.4. The Morgan fingerprint density at radius 1 is 1.31 bits per heavy atom. The van der Waals surface area contributed by atoms with Gasteiger partial charge in [0.2, 0.25) is 0 Å². The van der Waals surface area contributed by atoms with Crippen molar-refractivity contribution < 1.29 is 0 Å². The minimum Gasteiger partial charge on any atom is -0.309 e. The number of aromatic amines is 1. The Balaban J connectivity index is 2.06. The molecular formula is C18H19ClN4O2S. The van der Waals surface area contributed by atoms with Gasteiger partial charge in [0.1, 0.15) is 0 Å². The first-order valence-corrected chi connectivity index (χ1v) is 9.43. The number of thioether (sulfide) groups is 1. The van der Waals surface area contributed by atoms with E-state index in [0.717, 1.165) is 5.56 Å². The molecule has 3 rings (SSSR count). The quantitative estimate of drug-likeness (QED) is 0.679. The number of allylic oxidation sites excluding steroid dienone is 2. The number of hydrogen-bond donors (Lipinski definition) is 1. The maximum atomic E-state index is 12.3. The molecule has 136 valence electrons. The second-order valence-corrected chi connectivity index (χ2v) is 7.60. The summed E-state index contributed by atoms with van der Waals surface area (Å²) in [5.41, 5.74) is 2.17. The highest BCUT2D eigenvalue weighted by molar-refractivity contribution is 7.98. The van der Waals surface area contributed by atoms with Gasteiger partial charge in [0, 0.05) is 24.4 Å². The summed E-state index contributed by atoms with van der Waals surface area (Å²) in [5.74, 6) is 0.707. The zero-order valence-corrected chi connectivity index (χ0v) is 16.3. The number of aryl methyl sites for hydroxylation is 2. The van der Waals surface area contributed by atoms with E-state index in [9.17, 15) is 9.59 Å². The molecule has 26 heavy (non-hydrogen) atoms. The number of benzene rings is 1. The van der Waals surface area contributed by atoms with Crippen LogP contribution in [0, 0.1) is 6.92 Å². The number of aromatic nitrogens is 4. The van der Waals surface area contributed by atoms with Gasteiger partial charge in [-0.25, -0.2) is 9.78 Å². The van der Waals surface area contributed by atoms with Gasteiger partial charge in [0.25, 0.3) is 5.56 Å². The van der Waals surface area contributed by atoms with Crippen molar-refractivity contribution in [3.05, 3.63) is 67.3 Å². The zero-order chi connectivity index (χ0) is 18.8. The number of nitrogens with one attached hydrogen (secondary N) is 1. The predicted octanol–water partition coefficient (Wildman–Crippen LogP) is 3.17. The Labute approximate surface area is 159 Å². The van der Waals surface area contributed by atoms with E-state index in [0.29, 0.717) is 33.7 Å². The van der Waals surface area contributed by atoms with Crippen LogP contribution in [0.4, 0.5) is 0 Å². The fourth-order valence-corrected chi connectivity index (χ4v) is 3.57.